The summed E-state index contributed by atoms with van der Waals surface area (Å²) in [6.45, 7) is 4.66. The summed E-state index contributed by atoms with van der Waals surface area (Å²) in [6, 6.07) is 14.3. The number of para-hydroxylation sites is 1. The van der Waals surface area contributed by atoms with Crippen molar-refractivity contribution in [2.24, 2.45) is 0 Å². The van der Waals surface area contributed by atoms with Gasteiger partial charge in [0.15, 0.2) is 6.10 Å². The van der Waals surface area contributed by atoms with Crippen molar-refractivity contribution in [3.8, 4) is 5.75 Å². The predicted molar refractivity (Wildman–Crippen MR) is 106 cm³/mol. The summed E-state index contributed by atoms with van der Waals surface area (Å²) in [7, 11) is 1.48. The Morgan fingerprint density at radius 3 is 2.43 bits per heavy atom. The Hall–Kier alpha value is -3.06. The molecule has 0 aromatic heterocycles. The molecule has 1 N–H and O–H groups in total. The molecule has 28 heavy (non-hydrogen) atoms. The molecular formula is C21H24N2O5. The van der Waals surface area contributed by atoms with Crippen molar-refractivity contribution >= 4 is 23.3 Å². The fraction of sp³-hybridized carbons (Fsp3) is 0.333. The Kier molecular flexibility index (Phi) is 6.49. The van der Waals surface area contributed by atoms with Crippen molar-refractivity contribution in [2.45, 2.75) is 13.0 Å². The van der Waals surface area contributed by atoms with E-state index in [-0.39, 0.29) is 5.56 Å². The van der Waals surface area contributed by atoms with Gasteiger partial charge in [0.05, 0.1) is 20.3 Å². The van der Waals surface area contributed by atoms with Gasteiger partial charge in [-0.15, -0.1) is 0 Å². The molecule has 3 rings (SSSR count). The number of nitrogens with one attached hydrogen (secondary N) is 1. The van der Waals surface area contributed by atoms with E-state index >= 15 is 0 Å². The number of nitrogens with zero attached hydrogens (tertiary/aromatic N) is 1. The highest BCUT2D eigenvalue weighted by molar-refractivity contribution is 5.98. The zero-order valence-electron chi connectivity index (χ0n) is 16.0. The van der Waals surface area contributed by atoms with Crippen LogP contribution in [0, 0.1) is 0 Å². The number of rotatable bonds is 6. The first kappa shape index (κ1) is 19.7. The van der Waals surface area contributed by atoms with Crippen LogP contribution in [0.3, 0.4) is 0 Å². The molecular weight excluding hydrogens is 360 g/mol. The summed E-state index contributed by atoms with van der Waals surface area (Å²) in [6.07, 6.45) is -0.948. The van der Waals surface area contributed by atoms with E-state index in [1.165, 1.54) is 14.0 Å². The van der Waals surface area contributed by atoms with E-state index in [0.717, 1.165) is 18.8 Å². The van der Waals surface area contributed by atoms with Crippen LogP contribution in [0.15, 0.2) is 48.5 Å². The standard InChI is InChI=1S/C21H24N2O5/c1-15(28-21(25)18-5-3-4-6-19(18)26-2)20(24)22-16-7-9-17(10-8-16)23-11-13-27-14-12-23/h3-10,15H,11-14H2,1-2H3,(H,22,24)/t15-/m1/s1. The summed E-state index contributed by atoms with van der Waals surface area (Å²) in [5.41, 5.74) is 2.00. The molecule has 0 saturated carbocycles. The molecule has 1 amide bonds. The third-order valence-corrected chi connectivity index (χ3v) is 4.49. The van der Waals surface area contributed by atoms with Crippen molar-refractivity contribution in [2.75, 3.05) is 43.6 Å². The van der Waals surface area contributed by atoms with Crippen LogP contribution in [0.25, 0.3) is 0 Å². The van der Waals surface area contributed by atoms with Gasteiger partial charge < -0.3 is 24.4 Å². The van der Waals surface area contributed by atoms with Gasteiger partial charge >= 0.3 is 5.97 Å². The number of carbonyl (C=O) groups is 2. The second-order valence-corrected chi connectivity index (χ2v) is 6.38. The van der Waals surface area contributed by atoms with Gasteiger partial charge in [-0.05, 0) is 43.3 Å². The molecule has 1 saturated heterocycles. The molecule has 148 valence electrons. The van der Waals surface area contributed by atoms with Crippen LogP contribution in [-0.4, -0.2) is 51.4 Å². The molecule has 0 radical (unpaired) electrons. The Morgan fingerprint density at radius 2 is 1.75 bits per heavy atom. The van der Waals surface area contributed by atoms with E-state index in [2.05, 4.69) is 10.2 Å². The van der Waals surface area contributed by atoms with E-state index < -0.39 is 18.0 Å². The number of benzene rings is 2. The van der Waals surface area contributed by atoms with Crippen LogP contribution in [-0.2, 0) is 14.3 Å². The fourth-order valence-electron chi connectivity index (χ4n) is 2.91. The maximum Gasteiger partial charge on any atom is 0.342 e. The van der Waals surface area contributed by atoms with Crippen LogP contribution in [0.1, 0.15) is 17.3 Å². The van der Waals surface area contributed by atoms with Gasteiger partial charge in [-0.3, -0.25) is 4.79 Å². The van der Waals surface area contributed by atoms with Gasteiger partial charge in [0.25, 0.3) is 5.91 Å². The monoisotopic (exact) mass is 384 g/mol. The molecule has 2 aromatic carbocycles. The molecule has 7 heteroatoms. The number of morpholine rings is 1. The van der Waals surface area contributed by atoms with Crippen LogP contribution in [0.4, 0.5) is 11.4 Å². The van der Waals surface area contributed by atoms with Gasteiger partial charge in [-0.25, -0.2) is 4.79 Å². The van der Waals surface area contributed by atoms with Crippen molar-refractivity contribution in [3.63, 3.8) is 0 Å². The molecule has 1 aliphatic rings. The minimum atomic E-state index is -0.948. The predicted octanol–water partition coefficient (Wildman–Crippen LogP) is 2.72. The van der Waals surface area contributed by atoms with Gasteiger partial charge in [0.1, 0.15) is 11.3 Å². The average molecular weight is 384 g/mol. The molecule has 1 heterocycles. The third-order valence-electron chi connectivity index (χ3n) is 4.49. The largest absolute Gasteiger partial charge is 0.496 e. The van der Waals surface area contributed by atoms with Crippen molar-refractivity contribution in [3.05, 3.63) is 54.1 Å². The maximum atomic E-state index is 12.4. The smallest absolute Gasteiger partial charge is 0.342 e. The van der Waals surface area contributed by atoms with E-state index in [9.17, 15) is 9.59 Å². The summed E-state index contributed by atoms with van der Waals surface area (Å²) < 4.78 is 15.8. The molecule has 0 unspecified atom stereocenters. The highest BCUT2D eigenvalue weighted by Gasteiger charge is 2.21. The minimum Gasteiger partial charge on any atom is -0.496 e. The number of amides is 1. The average Bonchev–Trinajstić information content (AvgIpc) is 2.74. The number of esters is 1. The molecule has 1 aliphatic heterocycles. The highest BCUT2D eigenvalue weighted by Crippen LogP contribution is 2.21. The number of anilines is 2. The second-order valence-electron chi connectivity index (χ2n) is 6.38. The van der Waals surface area contributed by atoms with Gasteiger partial charge in [0.2, 0.25) is 0 Å². The van der Waals surface area contributed by atoms with Gasteiger partial charge in [-0.2, -0.15) is 0 Å². The molecule has 0 spiro atoms. The minimum absolute atomic E-state index is 0.277. The molecule has 7 nitrogen and oxygen atoms in total. The van der Waals surface area contributed by atoms with E-state index in [1.54, 1.807) is 24.3 Å². The Bertz CT molecular complexity index is 816. The van der Waals surface area contributed by atoms with Gasteiger partial charge in [-0.1, -0.05) is 12.1 Å². The quantitative estimate of drug-likeness (QED) is 0.772. The van der Waals surface area contributed by atoms with Crippen LogP contribution in [0.5, 0.6) is 5.75 Å². The third kappa shape index (κ3) is 4.80. The lowest BCUT2D eigenvalue weighted by atomic mass is 10.2. The summed E-state index contributed by atoms with van der Waals surface area (Å²) >= 11 is 0. The summed E-state index contributed by atoms with van der Waals surface area (Å²) in [5, 5.41) is 2.77. The van der Waals surface area contributed by atoms with E-state index in [0.29, 0.717) is 24.7 Å². The highest BCUT2D eigenvalue weighted by atomic mass is 16.5. The SMILES string of the molecule is COc1ccccc1C(=O)O[C@H](C)C(=O)Nc1ccc(N2CCOCC2)cc1. The molecule has 1 atom stereocenters. The van der Waals surface area contributed by atoms with Crippen LogP contribution < -0.4 is 15.0 Å². The zero-order chi connectivity index (χ0) is 19.9. The first-order chi connectivity index (χ1) is 13.6. The number of methoxy groups -OCH3 is 1. The second kappa shape index (κ2) is 9.23. The molecule has 0 bridgehead atoms. The number of hydrogen-bond donors (Lipinski definition) is 1. The lowest BCUT2D eigenvalue weighted by Gasteiger charge is -2.28. The van der Waals surface area contributed by atoms with Crippen LogP contribution in [0.2, 0.25) is 0 Å². The van der Waals surface area contributed by atoms with Crippen molar-refractivity contribution in [1.29, 1.82) is 0 Å². The zero-order valence-corrected chi connectivity index (χ0v) is 16.0. The Morgan fingerprint density at radius 1 is 1.07 bits per heavy atom. The maximum absolute atomic E-state index is 12.4. The molecule has 1 fully saturated rings. The molecule has 0 aliphatic carbocycles. The van der Waals surface area contributed by atoms with Crippen molar-refractivity contribution in [1.82, 2.24) is 0 Å². The number of ether oxygens (including phenoxy) is 3. The van der Waals surface area contributed by atoms with E-state index in [4.69, 9.17) is 14.2 Å². The van der Waals surface area contributed by atoms with Crippen LogP contribution >= 0.6 is 0 Å². The van der Waals surface area contributed by atoms with Gasteiger partial charge in [0, 0.05) is 24.5 Å². The Balaban J connectivity index is 1.57. The number of hydrogen-bond acceptors (Lipinski definition) is 6. The molecule has 2 aromatic rings. The van der Waals surface area contributed by atoms with Crippen molar-refractivity contribution < 1.29 is 23.8 Å². The van der Waals surface area contributed by atoms with E-state index in [1.807, 2.05) is 24.3 Å². The normalized spacial score (nSPS) is 14.9. The topological polar surface area (TPSA) is 77.1 Å². The fourth-order valence-corrected chi connectivity index (χ4v) is 2.91. The number of carbonyl (C=O) groups excluding carboxylic acids is 2. The summed E-state index contributed by atoms with van der Waals surface area (Å²) in [4.78, 5) is 26.9. The summed E-state index contributed by atoms with van der Waals surface area (Å²) in [5.74, 6) is -0.607. The lowest BCUT2D eigenvalue weighted by molar-refractivity contribution is -0.123. The Labute approximate surface area is 164 Å². The first-order valence-corrected chi connectivity index (χ1v) is 9.16. The first-order valence-electron chi connectivity index (χ1n) is 9.16. The lowest BCUT2D eigenvalue weighted by Crippen LogP contribution is -2.36.